The number of aromatic hydroxyl groups is 1. The van der Waals surface area contributed by atoms with Crippen molar-refractivity contribution in [1.82, 2.24) is 9.55 Å². The Morgan fingerprint density at radius 3 is 2.81 bits per heavy atom. The van der Waals surface area contributed by atoms with Crippen molar-refractivity contribution in [3.8, 4) is 17.1 Å². The first-order valence-electron chi connectivity index (χ1n) is 9.92. The highest BCUT2D eigenvalue weighted by atomic mass is 16.6. The van der Waals surface area contributed by atoms with Crippen LogP contribution in [0.1, 0.15) is 36.6 Å². The van der Waals surface area contributed by atoms with Gasteiger partial charge in [0.05, 0.1) is 35.6 Å². The van der Waals surface area contributed by atoms with E-state index < -0.39 is 24.6 Å². The van der Waals surface area contributed by atoms with Gasteiger partial charge in [-0.05, 0) is 30.3 Å². The molecule has 2 aromatic heterocycles. The van der Waals surface area contributed by atoms with Gasteiger partial charge in [0.1, 0.15) is 12.4 Å². The smallest absolute Gasteiger partial charge is 0.352 e. The Labute approximate surface area is 177 Å². The number of hydrogen-bond acceptors (Lipinski definition) is 8. The molecule has 0 amide bonds. The number of nitrogens with two attached hydrogens (primary N) is 1. The summed E-state index contributed by atoms with van der Waals surface area (Å²) in [7, 11) is 0. The molecule has 0 unspecified atom stereocenters. The third kappa shape index (κ3) is 3.32. The van der Waals surface area contributed by atoms with E-state index in [9.17, 15) is 19.5 Å². The van der Waals surface area contributed by atoms with Crippen LogP contribution >= 0.6 is 0 Å². The first kappa shape index (κ1) is 20.5. The van der Waals surface area contributed by atoms with Crippen LogP contribution in [0.4, 0.5) is 0 Å². The SMILES string of the molecule is CC.NCC(=O)O[C@@H]1C(=O)OCc2c1cc1n(c2=O)Cc2cc3cc(O)ccc3nc2-1. The summed E-state index contributed by atoms with van der Waals surface area (Å²) in [5.74, 6) is -1.39. The van der Waals surface area contributed by atoms with E-state index in [0.717, 1.165) is 10.9 Å². The molecule has 3 N–H and O–H groups in total. The predicted octanol–water partition coefficient (Wildman–Crippen LogP) is 1.76. The van der Waals surface area contributed by atoms with Crippen molar-refractivity contribution in [2.24, 2.45) is 5.73 Å². The number of esters is 2. The predicted molar refractivity (Wildman–Crippen MR) is 111 cm³/mol. The van der Waals surface area contributed by atoms with E-state index in [0.29, 0.717) is 29.0 Å². The monoisotopic (exact) mass is 423 g/mol. The number of carbonyl (C=O) groups excluding carboxylic acids is 2. The fourth-order valence-corrected chi connectivity index (χ4v) is 3.80. The second-order valence-corrected chi connectivity index (χ2v) is 6.91. The van der Waals surface area contributed by atoms with E-state index in [1.807, 2.05) is 19.9 Å². The number of rotatable bonds is 2. The van der Waals surface area contributed by atoms with E-state index in [-0.39, 0.29) is 23.5 Å². The molecule has 0 radical (unpaired) electrons. The average Bonchev–Trinajstić information content (AvgIpc) is 3.13. The van der Waals surface area contributed by atoms with Crippen molar-refractivity contribution >= 4 is 22.8 Å². The quantitative estimate of drug-likeness (QED) is 0.466. The van der Waals surface area contributed by atoms with Gasteiger partial charge in [0.15, 0.2) is 0 Å². The summed E-state index contributed by atoms with van der Waals surface area (Å²) in [6.45, 7) is 3.71. The first-order valence-corrected chi connectivity index (χ1v) is 9.92. The molecule has 0 saturated heterocycles. The van der Waals surface area contributed by atoms with Crippen LogP contribution in [0.3, 0.4) is 0 Å². The molecule has 4 heterocycles. The molecule has 0 bridgehead atoms. The molecule has 1 atom stereocenters. The summed E-state index contributed by atoms with van der Waals surface area (Å²) >= 11 is 0. The molecule has 2 aliphatic rings. The molecule has 2 aliphatic heterocycles. The lowest BCUT2D eigenvalue weighted by molar-refractivity contribution is -0.170. The number of phenols is 1. The number of benzene rings is 1. The Bertz CT molecular complexity index is 1280. The number of pyridine rings is 2. The van der Waals surface area contributed by atoms with Gasteiger partial charge < -0.3 is 24.9 Å². The van der Waals surface area contributed by atoms with Gasteiger partial charge in [-0.1, -0.05) is 13.8 Å². The zero-order valence-corrected chi connectivity index (χ0v) is 17.0. The lowest BCUT2D eigenvalue weighted by atomic mass is 10.00. The zero-order valence-electron chi connectivity index (χ0n) is 17.0. The molecule has 0 spiro atoms. The molecule has 0 saturated carbocycles. The summed E-state index contributed by atoms with van der Waals surface area (Å²) in [6.07, 6.45) is -1.34. The number of phenolic OH excluding ortho intramolecular Hbond substituents is 1. The number of hydrogen-bond donors (Lipinski definition) is 2. The van der Waals surface area contributed by atoms with E-state index in [1.54, 1.807) is 22.8 Å². The summed E-state index contributed by atoms with van der Waals surface area (Å²) in [4.78, 5) is 41.5. The lowest BCUT2D eigenvalue weighted by Gasteiger charge is -2.24. The Kier molecular flexibility index (Phi) is 5.20. The Hall–Kier alpha value is -3.72. The van der Waals surface area contributed by atoms with Gasteiger partial charge in [-0.25, -0.2) is 9.78 Å². The second-order valence-electron chi connectivity index (χ2n) is 6.91. The van der Waals surface area contributed by atoms with Crippen molar-refractivity contribution in [2.75, 3.05) is 6.54 Å². The van der Waals surface area contributed by atoms with Gasteiger partial charge >= 0.3 is 11.9 Å². The minimum atomic E-state index is -1.34. The largest absolute Gasteiger partial charge is 0.508 e. The van der Waals surface area contributed by atoms with Gasteiger partial charge in [-0.15, -0.1) is 0 Å². The molecule has 3 aromatic rings. The van der Waals surface area contributed by atoms with Crippen molar-refractivity contribution in [3.63, 3.8) is 0 Å². The molecule has 31 heavy (non-hydrogen) atoms. The summed E-state index contributed by atoms with van der Waals surface area (Å²) < 4.78 is 11.7. The molecule has 160 valence electrons. The van der Waals surface area contributed by atoms with E-state index in [2.05, 4.69) is 4.98 Å². The maximum absolute atomic E-state index is 13.1. The Morgan fingerprint density at radius 2 is 2.06 bits per heavy atom. The number of carbonyl (C=O) groups is 2. The number of fused-ring (bicyclic) bond motifs is 5. The number of ether oxygens (including phenoxy) is 2. The van der Waals surface area contributed by atoms with Crippen molar-refractivity contribution < 1.29 is 24.2 Å². The number of nitrogens with zero attached hydrogens (tertiary/aromatic N) is 2. The van der Waals surface area contributed by atoms with E-state index in [4.69, 9.17) is 15.2 Å². The van der Waals surface area contributed by atoms with E-state index >= 15 is 0 Å². The molecule has 5 rings (SSSR count). The van der Waals surface area contributed by atoms with Crippen molar-refractivity contribution in [1.29, 1.82) is 0 Å². The van der Waals surface area contributed by atoms with Crippen LogP contribution in [0.15, 0.2) is 35.1 Å². The summed E-state index contributed by atoms with van der Waals surface area (Å²) in [5.41, 5.74) is 8.11. The molecule has 0 fully saturated rings. The van der Waals surface area contributed by atoms with Crippen molar-refractivity contribution in [3.05, 3.63) is 57.4 Å². The summed E-state index contributed by atoms with van der Waals surface area (Å²) in [6, 6.07) is 8.35. The standard InChI is InChI=1S/C20H15N3O6.C2H6/c21-6-16(25)29-18-12-5-15-17-10(3-9-4-11(24)1-2-14(9)22-17)7-23(15)19(26)13(12)8-28-20(18)27;1-2/h1-5,18,24H,6-8,21H2;1-2H3/t18-;/m0./s1. The van der Waals surface area contributed by atoms with Crippen LogP contribution in [0.2, 0.25) is 0 Å². The average molecular weight is 423 g/mol. The normalized spacial score (nSPS) is 15.8. The fourth-order valence-electron chi connectivity index (χ4n) is 3.80. The summed E-state index contributed by atoms with van der Waals surface area (Å²) in [5, 5.41) is 10.5. The van der Waals surface area contributed by atoms with Gasteiger partial charge in [0.25, 0.3) is 5.56 Å². The van der Waals surface area contributed by atoms with Gasteiger partial charge in [0, 0.05) is 16.5 Å². The zero-order chi connectivity index (χ0) is 22.3. The highest BCUT2D eigenvalue weighted by Gasteiger charge is 2.37. The van der Waals surface area contributed by atoms with Gasteiger partial charge in [-0.2, -0.15) is 0 Å². The van der Waals surface area contributed by atoms with Crippen LogP contribution < -0.4 is 11.3 Å². The van der Waals surface area contributed by atoms with Crippen LogP contribution in [0.5, 0.6) is 5.75 Å². The molecular formula is C22H21N3O6. The second kappa shape index (κ2) is 7.84. The minimum Gasteiger partial charge on any atom is -0.508 e. The van der Waals surface area contributed by atoms with Crippen LogP contribution in [-0.4, -0.2) is 33.1 Å². The van der Waals surface area contributed by atoms with Gasteiger partial charge in [0.2, 0.25) is 6.10 Å². The highest BCUT2D eigenvalue weighted by molar-refractivity contribution is 5.86. The lowest BCUT2D eigenvalue weighted by Crippen LogP contribution is -2.35. The molecule has 0 aliphatic carbocycles. The van der Waals surface area contributed by atoms with Crippen LogP contribution in [0.25, 0.3) is 22.3 Å². The minimum absolute atomic E-state index is 0.127. The van der Waals surface area contributed by atoms with Crippen molar-refractivity contribution in [2.45, 2.75) is 33.1 Å². The molecule has 1 aromatic carbocycles. The number of aromatic nitrogens is 2. The Balaban J connectivity index is 0.00000112. The number of cyclic esters (lactones) is 1. The van der Waals surface area contributed by atoms with E-state index in [1.165, 1.54) is 6.07 Å². The van der Waals surface area contributed by atoms with Gasteiger partial charge in [-0.3, -0.25) is 9.59 Å². The van der Waals surface area contributed by atoms with Crippen LogP contribution in [0, 0.1) is 0 Å². The molecular weight excluding hydrogens is 402 g/mol. The maximum Gasteiger partial charge on any atom is 0.352 e. The third-order valence-corrected chi connectivity index (χ3v) is 5.15. The maximum atomic E-state index is 13.1. The van der Waals surface area contributed by atoms with Crippen LogP contribution in [-0.2, 0) is 32.2 Å². The first-order chi connectivity index (χ1) is 15.0. The highest BCUT2D eigenvalue weighted by Crippen LogP contribution is 2.36. The topological polar surface area (TPSA) is 134 Å². The fraction of sp³-hybridized carbons (Fsp3) is 0.273. The molecule has 9 nitrogen and oxygen atoms in total. The third-order valence-electron chi connectivity index (χ3n) is 5.15. The molecule has 9 heteroatoms. The Morgan fingerprint density at radius 1 is 1.29 bits per heavy atom.